The van der Waals surface area contributed by atoms with Gasteiger partial charge in [0.25, 0.3) is 0 Å². The summed E-state index contributed by atoms with van der Waals surface area (Å²) in [6, 6.07) is -0.219. The zero-order valence-corrected chi connectivity index (χ0v) is 17.8. The van der Waals surface area contributed by atoms with Crippen molar-refractivity contribution < 1.29 is 33.4 Å². The highest BCUT2D eigenvalue weighted by atomic mass is 16.8. The lowest BCUT2D eigenvalue weighted by molar-refractivity contribution is -1.03. The van der Waals surface area contributed by atoms with E-state index in [4.69, 9.17) is 19.8 Å². The molecular weight excluding hydrogens is 366 g/mol. The molecule has 160 valence electrons. The third-order valence-corrected chi connectivity index (χ3v) is 4.56. The number of hydrogen-bond acceptors (Lipinski definition) is 7. The molecule has 1 fully saturated rings. The number of nitrogens with zero attached hydrogens (tertiary/aromatic N) is 2. The Morgan fingerprint density at radius 1 is 1.11 bits per heavy atom. The second kappa shape index (κ2) is 10.4. The number of guanidine groups is 1. The Bertz CT molecular complexity index is 586. The average Bonchev–Trinajstić information content (AvgIpc) is 2.63. The molecule has 0 aliphatic heterocycles. The summed E-state index contributed by atoms with van der Waals surface area (Å²) in [6.07, 6.45) is 3.37. The van der Waals surface area contributed by atoms with E-state index in [1.165, 1.54) is 14.0 Å². The van der Waals surface area contributed by atoms with Crippen LogP contribution in [0.25, 0.3) is 0 Å². The highest BCUT2D eigenvalue weighted by molar-refractivity contribution is 5.89. The van der Waals surface area contributed by atoms with Crippen molar-refractivity contribution in [2.45, 2.75) is 72.8 Å². The van der Waals surface area contributed by atoms with E-state index >= 15 is 0 Å². The molecule has 1 amide bonds. The van der Waals surface area contributed by atoms with E-state index in [-0.39, 0.29) is 18.6 Å². The van der Waals surface area contributed by atoms with E-state index in [1.54, 1.807) is 13.8 Å². The smallest absolute Gasteiger partial charge is 0.447 e. The molecule has 0 radical (unpaired) electrons. The molecule has 0 aromatic rings. The zero-order chi connectivity index (χ0) is 21.5. The van der Waals surface area contributed by atoms with Gasteiger partial charge in [0, 0.05) is 19.8 Å². The van der Waals surface area contributed by atoms with Crippen LogP contribution < -0.4 is 0 Å². The third kappa shape index (κ3) is 6.47. The van der Waals surface area contributed by atoms with Gasteiger partial charge in [-0.15, -0.1) is 0 Å². The van der Waals surface area contributed by atoms with Gasteiger partial charge >= 0.3 is 24.0 Å². The minimum atomic E-state index is -0.986. The lowest BCUT2D eigenvalue weighted by Gasteiger charge is -2.39. The van der Waals surface area contributed by atoms with Crippen LogP contribution in [0.4, 0.5) is 4.79 Å². The van der Waals surface area contributed by atoms with Gasteiger partial charge in [0.15, 0.2) is 0 Å². The lowest BCUT2D eigenvalue weighted by atomic mass is 9.94. The predicted octanol–water partition coefficient (Wildman–Crippen LogP) is 3.39. The van der Waals surface area contributed by atoms with Crippen molar-refractivity contribution in [2.24, 2.45) is 11.8 Å². The van der Waals surface area contributed by atoms with E-state index in [1.807, 2.05) is 13.8 Å². The first-order chi connectivity index (χ1) is 13.0. The molecule has 1 aliphatic carbocycles. The number of carbonyl (C=O) groups excluding carboxylic acids is 3. The monoisotopic (exact) mass is 400 g/mol. The van der Waals surface area contributed by atoms with Gasteiger partial charge in [-0.3, -0.25) is 4.84 Å². The van der Waals surface area contributed by atoms with Crippen LogP contribution in [0.5, 0.6) is 0 Å². The molecule has 1 unspecified atom stereocenters. The average molecular weight is 400 g/mol. The van der Waals surface area contributed by atoms with Crippen molar-refractivity contribution in [1.82, 2.24) is 5.06 Å². The van der Waals surface area contributed by atoms with Gasteiger partial charge in [-0.05, 0) is 23.8 Å². The molecule has 1 aliphatic rings. The molecule has 0 heterocycles. The Balaban J connectivity index is 3.20. The van der Waals surface area contributed by atoms with Gasteiger partial charge in [-0.1, -0.05) is 38.8 Å². The number of nitrogens with one attached hydrogen (secondary N) is 1. The number of carbonyl (C=O) groups is 3. The quantitative estimate of drug-likeness (QED) is 0.336. The number of amides is 1. The molecule has 1 rings (SSSR count). The van der Waals surface area contributed by atoms with Crippen LogP contribution in [0.15, 0.2) is 0 Å². The van der Waals surface area contributed by atoms with Gasteiger partial charge in [0.05, 0.1) is 12.5 Å². The fraction of sp³-hybridized carbons (Fsp3) is 0.789. The number of quaternary nitrogens is 1. The van der Waals surface area contributed by atoms with Crippen molar-refractivity contribution >= 4 is 24.0 Å². The fourth-order valence-corrected chi connectivity index (χ4v) is 2.97. The Labute approximate surface area is 166 Å². The minimum absolute atomic E-state index is 0.0634. The predicted molar refractivity (Wildman–Crippen MR) is 102 cm³/mol. The minimum Gasteiger partial charge on any atom is -0.447 e. The Morgan fingerprint density at radius 2 is 1.68 bits per heavy atom. The van der Waals surface area contributed by atoms with Gasteiger partial charge < -0.3 is 9.57 Å². The van der Waals surface area contributed by atoms with Crippen molar-refractivity contribution in [3.63, 3.8) is 0 Å². The van der Waals surface area contributed by atoms with Crippen LogP contribution in [0.2, 0.25) is 0 Å². The van der Waals surface area contributed by atoms with Gasteiger partial charge in [0.2, 0.25) is 0 Å². The maximum atomic E-state index is 12.6. The number of ether oxygens (including phenoxy) is 1. The van der Waals surface area contributed by atoms with Crippen LogP contribution in [0.3, 0.4) is 0 Å². The second-order valence-corrected chi connectivity index (χ2v) is 8.02. The van der Waals surface area contributed by atoms with Gasteiger partial charge in [-0.2, -0.15) is 0 Å². The van der Waals surface area contributed by atoms with Crippen LogP contribution in [0.1, 0.15) is 66.7 Å². The topological polar surface area (TPSA) is 106 Å². The Kier molecular flexibility index (Phi) is 8.87. The van der Waals surface area contributed by atoms with Gasteiger partial charge in [0.1, 0.15) is 13.1 Å². The summed E-state index contributed by atoms with van der Waals surface area (Å²) in [4.78, 5) is 47.2. The van der Waals surface area contributed by atoms with Crippen LogP contribution in [-0.2, 0) is 24.0 Å². The molecule has 0 aromatic heterocycles. The molecule has 0 spiro atoms. The first kappa shape index (κ1) is 23.9. The van der Waals surface area contributed by atoms with E-state index in [2.05, 4.69) is 0 Å². The maximum Gasteiger partial charge on any atom is 0.454 e. The third-order valence-electron chi connectivity index (χ3n) is 4.56. The Hall–Kier alpha value is -2.16. The largest absolute Gasteiger partial charge is 0.454 e. The van der Waals surface area contributed by atoms with E-state index in [9.17, 15) is 14.4 Å². The zero-order valence-electron chi connectivity index (χ0n) is 17.8. The molecule has 1 saturated carbocycles. The van der Waals surface area contributed by atoms with Crippen LogP contribution >= 0.6 is 0 Å². The van der Waals surface area contributed by atoms with Gasteiger partial charge in [-0.25, -0.2) is 19.8 Å². The molecule has 1 N–H and O–H groups in total. The molecule has 28 heavy (non-hydrogen) atoms. The lowest BCUT2D eigenvalue weighted by Crippen LogP contribution is -2.63. The summed E-state index contributed by atoms with van der Waals surface area (Å²) in [5.41, 5.74) is 0. The second-order valence-electron chi connectivity index (χ2n) is 8.02. The molecule has 9 nitrogen and oxygen atoms in total. The SMILES string of the molecule is CC(=O)O[N+](C)(C(=N)N(OC(=O)C(C)C)C(=O)OCC(C)C)C1CCCCC1. The summed E-state index contributed by atoms with van der Waals surface area (Å²) < 4.78 is 4.59. The van der Waals surface area contributed by atoms with Crippen LogP contribution in [-0.4, -0.2) is 53.4 Å². The molecule has 1 atom stereocenters. The van der Waals surface area contributed by atoms with E-state index in [0.717, 1.165) is 32.1 Å². The highest BCUT2D eigenvalue weighted by Crippen LogP contribution is 2.29. The normalized spacial score (nSPS) is 17.0. The number of hydrogen-bond donors (Lipinski definition) is 1. The number of hydroxylamine groups is 5. The van der Waals surface area contributed by atoms with Crippen molar-refractivity contribution in [1.29, 1.82) is 5.41 Å². The molecule has 0 saturated heterocycles. The highest BCUT2D eigenvalue weighted by Gasteiger charge is 2.49. The van der Waals surface area contributed by atoms with Crippen molar-refractivity contribution in [2.75, 3.05) is 13.7 Å². The number of rotatable bonds is 4. The maximum absolute atomic E-state index is 12.6. The van der Waals surface area contributed by atoms with E-state index in [0.29, 0.717) is 5.06 Å². The summed E-state index contributed by atoms with van der Waals surface area (Å²) in [6.45, 7) is 8.31. The standard InChI is InChI=1S/C19H34N3O6/c1-13(2)12-26-19(25)21(27-17(24)14(3)4)18(20)22(6,28-15(5)23)16-10-8-7-9-11-16/h13-14,16,20H,7-12H2,1-6H3/q+1. The first-order valence-electron chi connectivity index (χ1n) is 9.83. The molecular formula is C19H34N3O6+. The Morgan fingerprint density at radius 3 is 2.14 bits per heavy atom. The first-order valence-corrected chi connectivity index (χ1v) is 9.83. The summed E-state index contributed by atoms with van der Waals surface area (Å²) in [7, 11) is 1.53. The van der Waals surface area contributed by atoms with Crippen molar-refractivity contribution in [3.8, 4) is 0 Å². The fourth-order valence-electron chi connectivity index (χ4n) is 2.97. The molecule has 0 bridgehead atoms. The molecule has 9 heteroatoms. The van der Waals surface area contributed by atoms with Crippen LogP contribution in [0, 0.1) is 17.2 Å². The van der Waals surface area contributed by atoms with E-state index < -0.39 is 34.6 Å². The van der Waals surface area contributed by atoms with Crippen molar-refractivity contribution in [3.05, 3.63) is 0 Å². The summed E-state index contributed by atoms with van der Waals surface area (Å²) >= 11 is 0. The summed E-state index contributed by atoms with van der Waals surface area (Å²) in [5.74, 6) is -2.21. The summed E-state index contributed by atoms with van der Waals surface area (Å²) in [5, 5.41) is 9.14. The molecule has 0 aromatic carbocycles.